The highest BCUT2D eigenvalue weighted by Crippen LogP contribution is 2.30. The first kappa shape index (κ1) is 16.5. The summed E-state index contributed by atoms with van der Waals surface area (Å²) in [5.41, 5.74) is -0.465. The first-order chi connectivity index (χ1) is 11.3. The predicted molar refractivity (Wildman–Crippen MR) is 83.8 cm³/mol. The fraction of sp³-hybridized carbons (Fsp3) is 0.250. The van der Waals surface area contributed by atoms with Gasteiger partial charge >= 0.3 is 6.18 Å². The summed E-state index contributed by atoms with van der Waals surface area (Å²) in [5.74, 6) is -0.759. The molecule has 0 atom stereocenters. The third kappa shape index (κ3) is 3.43. The van der Waals surface area contributed by atoms with E-state index in [1.54, 1.807) is 17.0 Å². The Labute approximate surface area is 139 Å². The number of hydrogen-bond donors (Lipinski definition) is 1. The summed E-state index contributed by atoms with van der Waals surface area (Å²) in [4.78, 5) is 26.3. The van der Waals surface area contributed by atoms with Gasteiger partial charge in [-0.15, -0.1) is 11.3 Å². The smallest absolute Gasteiger partial charge is 0.336 e. The number of carbonyl (C=O) groups excluding carboxylic acids is 2. The molecule has 0 bridgehead atoms. The Bertz CT molecular complexity index is 736. The number of likely N-dealkylation sites (tertiary alicyclic amines) is 1. The Morgan fingerprint density at radius 3 is 2.33 bits per heavy atom. The van der Waals surface area contributed by atoms with E-state index in [4.69, 9.17) is 0 Å². The average Bonchev–Trinajstić information content (AvgIpc) is 2.99. The lowest BCUT2D eigenvalue weighted by molar-refractivity contribution is -0.137. The number of rotatable bonds is 3. The summed E-state index contributed by atoms with van der Waals surface area (Å²) >= 11 is 1.34. The molecular formula is C16H13F3N2O2S. The summed E-state index contributed by atoms with van der Waals surface area (Å²) in [6.07, 6.45) is -4.40. The zero-order valence-corrected chi connectivity index (χ0v) is 13.2. The van der Waals surface area contributed by atoms with Crippen molar-refractivity contribution in [2.75, 3.05) is 18.4 Å². The summed E-state index contributed by atoms with van der Waals surface area (Å²) in [6.45, 7) is 0.617. The van der Waals surface area contributed by atoms with Crippen LogP contribution in [-0.2, 0) is 11.0 Å². The molecule has 1 saturated heterocycles. The molecule has 1 fully saturated rings. The van der Waals surface area contributed by atoms with Gasteiger partial charge in [-0.1, -0.05) is 6.07 Å². The largest absolute Gasteiger partial charge is 0.416 e. The molecule has 8 heteroatoms. The Kier molecular flexibility index (Phi) is 4.31. The van der Waals surface area contributed by atoms with Crippen molar-refractivity contribution in [3.63, 3.8) is 0 Å². The SMILES string of the molecule is O=C(Nc1ccc(C(F)(F)F)cc1)C1CN(C(=O)c2cccs2)C1. The molecule has 2 aromatic rings. The second kappa shape index (κ2) is 6.27. The molecule has 1 aromatic carbocycles. The fourth-order valence-electron chi connectivity index (χ4n) is 2.35. The molecular weight excluding hydrogens is 341 g/mol. The molecule has 1 aliphatic heterocycles. The van der Waals surface area contributed by atoms with Crippen molar-refractivity contribution < 1.29 is 22.8 Å². The highest BCUT2D eigenvalue weighted by molar-refractivity contribution is 7.12. The van der Waals surface area contributed by atoms with Crippen molar-refractivity contribution in [2.24, 2.45) is 5.92 Å². The van der Waals surface area contributed by atoms with Gasteiger partial charge in [0.1, 0.15) is 0 Å². The number of nitrogens with one attached hydrogen (secondary N) is 1. The molecule has 4 nitrogen and oxygen atoms in total. The number of alkyl halides is 3. The molecule has 3 rings (SSSR count). The lowest BCUT2D eigenvalue weighted by Crippen LogP contribution is -2.54. The number of benzene rings is 1. The van der Waals surface area contributed by atoms with E-state index < -0.39 is 11.7 Å². The summed E-state index contributed by atoms with van der Waals surface area (Å²) in [6, 6.07) is 7.78. The monoisotopic (exact) mass is 354 g/mol. The van der Waals surface area contributed by atoms with Crippen LogP contribution in [0, 0.1) is 5.92 Å². The van der Waals surface area contributed by atoms with Gasteiger partial charge in [-0.25, -0.2) is 0 Å². The second-order valence-corrected chi connectivity index (χ2v) is 6.40. The maximum absolute atomic E-state index is 12.5. The molecule has 0 unspecified atom stereocenters. The maximum atomic E-state index is 12.5. The zero-order valence-electron chi connectivity index (χ0n) is 12.3. The van der Waals surface area contributed by atoms with E-state index in [2.05, 4.69) is 5.32 Å². The fourth-order valence-corrected chi connectivity index (χ4v) is 3.04. The highest BCUT2D eigenvalue weighted by atomic mass is 32.1. The van der Waals surface area contributed by atoms with Gasteiger partial charge in [0.25, 0.3) is 5.91 Å². The van der Waals surface area contributed by atoms with Crippen LogP contribution in [0.15, 0.2) is 41.8 Å². The van der Waals surface area contributed by atoms with Crippen molar-refractivity contribution in [1.82, 2.24) is 4.90 Å². The predicted octanol–water partition coefficient (Wildman–Crippen LogP) is 3.48. The van der Waals surface area contributed by atoms with Gasteiger partial charge in [0.2, 0.25) is 5.91 Å². The van der Waals surface area contributed by atoms with Crippen molar-refractivity contribution in [1.29, 1.82) is 0 Å². The van der Waals surface area contributed by atoms with Crippen LogP contribution < -0.4 is 5.32 Å². The minimum absolute atomic E-state index is 0.108. The van der Waals surface area contributed by atoms with E-state index in [-0.39, 0.29) is 17.7 Å². The lowest BCUT2D eigenvalue weighted by Gasteiger charge is -2.37. The Balaban J connectivity index is 1.53. The number of carbonyl (C=O) groups is 2. The van der Waals surface area contributed by atoms with Crippen LogP contribution in [0.25, 0.3) is 0 Å². The van der Waals surface area contributed by atoms with E-state index >= 15 is 0 Å². The first-order valence-corrected chi connectivity index (χ1v) is 8.03. The lowest BCUT2D eigenvalue weighted by atomic mass is 9.98. The number of halogens is 3. The van der Waals surface area contributed by atoms with Gasteiger partial charge in [0, 0.05) is 18.8 Å². The Hall–Kier alpha value is -2.35. The zero-order chi connectivity index (χ0) is 17.3. The Morgan fingerprint density at radius 1 is 1.12 bits per heavy atom. The van der Waals surface area contributed by atoms with Crippen LogP contribution in [0.3, 0.4) is 0 Å². The number of anilines is 1. The normalized spacial score (nSPS) is 15.0. The minimum Gasteiger partial charge on any atom is -0.336 e. The summed E-state index contributed by atoms with van der Waals surface area (Å²) in [5, 5.41) is 4.38. The van der Waals surface area contributed by atoms with E-state index in [0.717, 1.165) is 12.1 Å². The molecule has 24 heavy (non-hydrogen) atoms. The molecule has 126 valence electrons. The topological polar surface area (TPSA) is 49.4 Å². The average molecular weight is 354 g/mol. The molecule has 1 N–H and O–H groups in total. The van der Waals surface area contributed by atoms with Crippen molar-refractivity contribution >= 4 is 28.8 Å². The quantitative estimate of drug-likeness (QED) is 0.917. The van der Waals surface area contributed by atoms with E-state index in [1.165, 1.54) is 23.5 Å². The van der Waals surface area contributed by atoms with Gasteiger partial charge in [-0.2, -0.15) is 13.2 Å². The molecule has 0 radical (unpaired) electrons. The number of amides is 2. The van der Waals surface area contributed by atoms with Crippen molar-refractivity contribution in [2.45, 2.75) is 6.18 Å². The van der Waals surface area contributed by atoms with Gasteiger partial charge in [-0.05, 0) is 35.7 Å². The number of thiophene rings is 1. The van der Waals surface area contributed by atoms with Gasteiger partial charge < -0.3 is 10.2 Å². The van der Waals surface area contributed by atoms with E-state index in [0.29, 0.717) is 23.7 Å². The van der Waals surface area contributed by atoms with Gasteiger partial charge in [0.05, 0.1) is 16.4 Å². The van der Waals surface area contributed by atoms with E-state index in [9.17, 15) is 22.8 Å². The van der Waals surface area contributed by atoms with Crippen molar-refractivity contribution in [3.8, 4) is 0 Å². The highest BCUT2D eigenvalue weighted by Gasteiger charge is 2.36. The van der Waals surface area contributed by atoms with Crippen LogP contribution in [0.1, 0.15) is 15.2 Å². The van der Waals surface area contributed by atoms with Crippen molar-refractivity contribution in [3.05, 3.63) is 52.2 Å². The third-order valence-electron chi connectivity index (χ3n) is 3.75. The first-order valence-electron chi connectivity index (χ1n) is 7.15. The van der Waals surface area contributed by atoms with Crippen LogP contribution in [0.5, 0.6) is 0 Å². The summed E-state index contributed by atoms with van der Waals surface area (Å²) in [7, 11) is 0. The molecule has 1 aliphatic rings. The van der Waals surface area contributed by atoms with Crippen LogP contribution in [0.4, 0.5) is 18.9 Å². The second-order valence-electron chi connectivity index (χ2n) is 5.45. The summed E-state index contributed by atoms with van der Waals surface area (Å²) < 4.78 is 37.5. The number of hydrogen-bond acceptors (Lipinski definition) is 3. The molecule has 0 aliphatic carbocycles. The molecule has 2 heterocycles. The minimum atomic E-state index is -4.40. The Morgan fingerprint density at radius 2 is 1.79 bits per heavy atom. The van der Waals surface area contributed by atoms with E-state index in [1.807, 2.05) is 5.38 Å². The van der Waals surface area contributed by atoms with Crippen LogP contribution >= 0.6 is 11.3 Å². The molecule has 2 amide bonds. The molecule has 1 aromatic heterocycles. The van der Waals surface area contributed by atoms with Gasteiger partial charge in [0.15, 0.2) is 0 Å². The van der Waals surface area contributed by atoms with Crippen LogP contribution in [-0.4, -0.2) is 29.8 Å². The third-order valence-corrected chi connectivity index (χ3v) is 4.61. The molecule has 0 spiro atoms. The van der Waals surface area contributed by atoms with Gasteiger partial charge in [-0.3, -0.25) is 9.59 Å². The number of nitrogens with zero attached hydrogens (tertiary/aromatic N) is 1. The standard InChI is InChI=1S/C16H13F3N2O2S/c17-16(18,19)11-3-5-12(6-4-11)20-14(22)10-8-21(9-10)15(23)13-2-1-7-24-13/h1-7,10H,8-9H2,(H,20,22). The molecule has 0 saturated carbocycles. The van der Waals surface area contributed by atoms with Crippen LogP contribution in [0.2, 0.25) is 0 Å². The maximum Gasteiger partial charge on any atom is 0.416 e.